The standard InChI is InChI=1S/C46H45BrN4O7/c47-32-4-1-29(2-5-32)39-27-31-25-34(52)6-12-37(31)43(39)58-36-9-7-35(8-10-36)57-24-23-49-19-17-33(18-20-49)50-21-15-28(16-22-50)30-3-11-38-40(26-30)46(56)51(45(38)55)41-13-14-42(53)48-44(41)54/h1-12,25-26,28,33,41,52H,13-24,27H2,(H,48,53,54). The molecule has 2 N–H and O–H groups in total. The third-order valence-corrected chi connectivity index (χ3v) is 13.0. The van der Waals surface area contributed by atoms with Gasteiger partial charge in [0.25, 0.3) is 11.8 Å². The molecule has 1 aliphatic carbocycles. The van der Waals surface area contributed by atoms with Gasteiger partial charge in [0.05, 0.1) is 11.1 Å². The van der Waals surface area contributed by atoms with E-state index in [1.165, 1.54) is 0 Å². The molecular formula is C46H45BrN4O7. The number of phenolic OH excluding ortho intramolecular Hbond substituents is 1. The molecule has 1 unspecified atom stereocenters. The number of halogens is 1. The summed E-state index contributed by atoms with van der Waals surface area (Å²) >= 11 is 3.53. The molecule has 11 nitrogen and oxygen atoms in total. The second-order valence-electron chi connectivity index (χ2n) is 15.9. The maximum atomic E-state index is 13.4. The van der Waals surface area contributed by atoms with Crippen molar-refractivity contribution in [2.75, 3.05) is 39.3 Å². The third kappa shape index (κ3) is 7.68. The summed E-state index contributed by atoms with van der Waals surface area (Å²) in [7, 11) is 0. The number of imide groups is 2. The monoisotopic (exact) mass is 844 g/mol. The summed E-state index contributed by atoms with van der Waals surface area (Å²) < 4.78 is 13.7. The van der Waals surface area contributed by atoms with Crippen LogP contribution in [0.4, 0.5) is 0 Å². The van der Waals surface area contributed by atoms with Crippen molar-refractivity contribution in [3.8, 4) is 17.2 Å². The molecule has 9 rings (SSSR count). The lowest BCUT2D eigenvalue weighted by Gasteiger charge is -2.42. The van der Waals surface area contributed by atoms with Gasteiger partial charge in [-0.2, -0.15) is 0 Å². The number of likely N-dealkylation sites (tertiary alicyclic amines) is 2. The minimum absolute atomic E-state index is 0.105. The highest BCUT2D eigenvalue weighted by Gasteiger charge is 2.45. The molecule has 3 saturated heterocycles. The summed E-state index contributed by atoms with van der Waals surface area (Å²) in [5.41, 5.74) is 5.93. The predicted molar refractivity (Wildman–Crippen MR) is 221 cm³/mol. The lowest BCUT2D eigenvalue weighted by atomic mass is 9.86. The third-order valence-electron chi connectivity index (χ3n) is 12.4. The molecule has 4 aromatic rings. The van der Waals surface area contributed by atoms with E-state index in [0.717, 1.165) is 113 Å². The van der Waals surface area contributed by atoms with Crippen LogP contribution >= 0.6 is 15.9 Å². The number of nitrogens with zero attached hydrogens (tertiary/aromatic N) is 3. The first-order valence-corrected chi connectivity index (χ1v) is 21.0. The highest BCUT2D eigenvalue weighted by molar-refractivity contribution is 9.10. The zero-order valence-electron chi connectivity index (χ0n) is 32.1. The van der Waals surface area contributed by atoms with E-state index in [0.29, 0.717) is 36.1 Å². The van der Waals surface area contributed by atoms with Crippen molar-refractivity contribution >= 4 is 50.9 Å². The van der Waals surface area contributed by atoms with Crippen LogP contribution in [0.15, 0.2) is 89.4 Å². The molecule has 12 heteroatoms. The average Bonchev–Trinajstić information content (AvgIpc) is 3.71. The second-order valence-corrected chi connectivity index (χ2v) is 16.8. The first-order valence-electron chi connectivity index (χ1n) is 20.2. The van der Waals surface area contributed by atoms with Crippen molar-refractivity contribution in [3.05, 3.63) is 123 Å². The molecule has 4 aromatic carbocycles. The number of nitrogens with one attached hydrogen (secondary N) is 1. The molecule has 4 amide bonds. The molecule has 3 fully saturated rings. The lowest BCUT2D eigenvalue weighted by molar-refractivity contribution is -0.136. The largest absolute Gasteiger partial charge is 0.508 e. The molecule has 5 aliphatic rings. The van der Waals surface area contributed by atoms with Crippen molar-refractivity contribution < 1.29 is 33.8 Å². The number of fused-ring (bicyclic) bond motifs is 2. The molecule has 0 bridgehead atoms. The molecule has 4 aliphatic heterocycles. The fraction of sp³-hybridized carbons (Fsp3) is 0.348. The van der Waals surface area contributed by atoms with Crippen LogP contribution in [0.5, 0.6) is 17.2 Å². The Morgan fingerprint density at radius 1 is 0.741 bits per heavy atom. The van der Waals surface area contributed by atoms with Crippen molar-refractivity contribution in [3.63, 3.8) is 0 Å². The fourth-order valence-electron chi connectivity index (χ4n) is 9.24. The van der Waals surface area contributed by atoms with Gasteiger partial charge in [-0.25, -0.2) is 0 Å². The quantitative estimate of drug-likeness (QED) is 0.166. The van der Waals surface area contributed by atoms with Gasteiger partial charge >= 0.3 is 0 Å². The lowest BCUT2D eigenvalue weighted by Crippen LogP contribution is -2.54. The van der Waals surface area contributed by atoms with Crippen LogP contribution in [0, 0.1) is 0 Å². The van der Waals surface area contributed by atoms with Crippen molar-refractivity contribution in [1.82, 2.24) is 20.0 Å². The van der Waals surface area contributed by atoms with Crippen LogP contribution < -0.4 is 14.8 Å². The zero-order chi connectivity index (χ0) is 39.9. The summed E-state index contributed by atoms with van der Waals surface area (Å²) in [4.78, 5) is 56.7. The minimum Gasteiger partial charge on any atom is -0.508 e. The highest BCUT2D eigenvalue weighted by atomic mass is 79.9. The minimum atomic E-state index is -0.953. The number of ether oxygens (including phenoxy) is 2. The number of hydrogen-bond donors (Lipinski definition) is 2. The number of carbonyl (C=O) groups is 4. The summed E-state index contributed by atoms with van der Waals surface area (Å²) in [6.45, 7) is 5.50. The smallest absolute Gasteiger partial charge is 0.262 e. The van der Waals surface area contributed by atoms with Crippen LogP contribution in [0.2, 0.25) is 0 Å². The van der Waals surface area contributed by atoms with E-state index in [9.17, 15) is 24.3 Å². The number of allylic oxidation sites excluding steroid dienone is 1. The number of amides is 4. The van der Waals surface area contributed by atoms with Crippen LogP contribution in [0.1, 0.15) is 87.4 Å². The Labute approximate surface area is 345 Å². The summed E-state index contributed by atoms with van der Waals surface area (Å²) in [5.74, 6) is 0.986. The Balaban J connectivity index is 0.729. The fourth-order valence-corrected chi connectivity index (χ4v) is 9.51. The molecule has 1 atom stereocenters. The van der Waals surface area contributed by atoms with E-state index in [1.54, 1.807) is 12.1 Å². The number of benzene rings is 4. The van der Waals surface area contributed by atoms with Gasteiger partial charge in [0, 0.05) is 41.0 Å². The van der Waals surface area contributed by atoms with Crippen molar-refractivity contribution in [2.45, 2.75) is 62.9 Å². The van der Waals surface area contributed by atoms with E-state index in [1.807, 2.05) is 60.7 Å². The normalized spacial score (nSPS) is 20.7. The van der Waals surface area contributed by atoms with Gasteiger partial charge in [-0.05, 0) is 148 Å². The predicted octanol–water partition coefficient (Wildman–Crippen LogP) is 6.78. The molecule has 0 saturated carbocycles. The average molecular weight is 846 g/mol. The van der Waals surface area contributed by atoms with Gasteiger partial charge in [0.2, 0.25) is 11.8 Å². The molecule has 58 heavy (non-hydrogen) atoms. The van der Waals surface area contributed by atoms with E-state index in [4.69, 9.17) is 9.47 Å². The molecule has 0 radical (unpaired) electrons. The Kier molecular flexibility index (Phi) is 10.6. The number of phenols is 1. The van der Waals surface area contributed by atoms with Crippen LogP contribution in [0.3, 0.4) is 0 Å². The van der Waals surface area contributed by atoms with Gasteiger partial charge in [-0.15, -0.1) is 0 Å². The van der Waals surface area contributed by atoms with Gasteiger partial charge in [0.1, 0.15) is 35.7 Å². The van der Waals surface area contributed by atoms with E-state index >= 15 is 0 Å². The van der Waals surface area contributed by atoms with Gasteiger partial charge < -0.3 is 19.5 Å². The Hall–Kier alpha value is -5.30. The SMILES string of the molecule is O=C1CCC(N2C(=O)c3ccc(C4CCN(C5CCN(CCOc6ccc(OC7=C(c8ccc(Br)cc8)Cc8cc(O)ccc87)cc6)CC5)CC4)cc3C2=O)C(=O)N1. The molecule has 4 heterocycles. The van der Waals surface area contributed by atoms with E-state index in [2.05, 4.69) is 43.2 Å². The molecule has 298 valence electrons. The van der Waals surface area contributed by atoms with Crippen LogP contribution in [-0.2, 0) is 16.0 Å². The van der Waals surface area contributed by atoms with Crippen molar-refractivity contribution in [2.24, 2.45) is 0 Å². The highest BCUT2D eigenvalue weighted by Crippen LogP contribution is 2.41. The van der Waals surface area contributed by atoms with Gasteiger partial charge in [0.15, 0.2) is 0 Å². The number of aromatic hydroxyl groups is 1. The zero-order valence-corrected chi connectivity index (χ0v) is 33.7. The van der Waals surface area contributed by atoms with Crippen molar-refractivity contribution in [1.29, 1.82) is 0 Å². The molecular weight excluding hydrogens is 800 g/mol. The topological polar surface area (TPSA) is 129 Å². The molecule has 0 spiro atoms. The summed E-state index contributed by atoms with van der Waals surface area (Å²) in [5, 5.41) is 12.4. The Morgan fingerprint density at radius 2 is 1.45 bits per heavy atom. The van der Waals surface area contributed by atoms with E-state index < -0.39 is 23.8 Å². The van der Waals surface area contributed by atoms with Gasteiger partial charge in [-0.1, -0.05) is 34.1 Å². The Morgan fingerprint density at radius 3 is 2.19 bits per heavy atom. The van der Waals surface area contributed by atoms with Gasteiger partial charge in [-0.3, -0.25) is 34.3 Å². The number of carbonyl (C=O) groups excluding carboxylic acids is 4. The number of hydrogen-bond acceptors (Lipinski definition) is 9. The Bertz CT molecular complexity index is 2290. The molecule has 0 aromatic heterocycles. The van der Waals surface area contributed by atoms with Crippen LogP contribution in [-0.4, -0.2) is 94.8 Å². The maximum Gasteiger partial charge on any atom is 0.262 e. The second kappa shape index (κ2) is 16.2. The summed E-state index contributed by atoms with van der Waals surface area (Å²) in [6, 6.07) is 26.6. The van der Waals surface area contributed by atoms with E-state index in [-0.39, 0.29) is 24.5 Å². The number of piperidine rings is 3. The maximum absolute atomic E-state index is 13.4. The van der Waals surface area contributed by atoms with Crippen LogP contribution in [0.25, 0.3) is 11.3 Å². The summed E-state index contributed by atoms with van der Waals surface area (Å²) in [6.07, 6.45) is 5.13. The number of rotatable bonds is 10. The first-order chi connectivity index (χ1) is 28.2. The first kappa shape index (κ1) is 38.2.